The quantitative estimate of drug-likeness (QED) is 0.867. The third-order valence-electron chi connectivity index (χ3n) is 4.64. The molecule has 0 aliphatic carbocycles. The summed E-state index contributed by atoms with van der Waals surface area (Å²) in [7, 11) is 3.30. The number of rotatable bonds is 4. The largest absolute Gasteiger partial charge is 0.347 e. The molecule has 138 valence electrons. The molecule has 0 spiro atoms. The van der Waals surface area contributed by atoms with Gasteiger partial charge in [-0.05, 0) is 24.6 Å². The molecule has 0 saturated carbocycles. The van der Waals surface area contributed by atoms with Gasteiger partial charge in [-0.25, -0.2) is 4.79 Å². The highest BCUT2D eigenvalue weighted by molar-refractivity contribution is 6.30. The molecular weight excluding hydrogens is 356 g/mol. The maximum atomic E-state index is 13.0. The van der Waals surface area contributed by atoms with Gasteiger partial charge in [-0.1, -0.05) is 23.7 Å². The average Bonchev–Trinajstić information content (AvgIpc) is 2.91. The van der Waals surface area contributed by atoms with Gasteiger partial charge in [-0.3, -0.25) is 14.5 Å². The molecule has 0 radical (unpaired) electrons. The summed E-state index contributed by atoms with van der Waals surface area (Å²) in [6.45, 7) is 2.53. The van der Waals surface area contributed by atoms with Crippen molar-refractivity contribution in [3.8, 4) is 0 Å². The zero-order chi connectivity index (χ0) is 19.0. The molecular formula is C18H21ClN4O3. The number of nitrogens with zero attached hydrogens (tertiary/aromatic N) is 3. The van der Waals surface area contributed by atoms with Gasteiger partial charge in [0, 0.05) is 25.7 Å². The predicted octanol–water partition coefficient (Wildman–Crippen LogP) is 1.61. The topological polar surface area (TPSA) is 73.0 Å². The summed E-state index contributed by atoms with van der Waals surface area (Å²) in [6, 6.07) is 6.23. The van der Waals surface area contributed by atoms with Crippen LogP contribution in [-0.2, 0) is 9.59 Å². The van der Waals surface area contributed by atoms with E-state index in [9.17, 15) is 14.4 Å². The number of carbonyl (C=O) groups is 3. The van der Waals surface area contributed by atoms with Crippen LogP contribution in [0.15, 0.2) is 35.5 Å². The molecule has 0 aromatic heterocycles. The second kappa shape index (κ2) is 6.99. The van der Waals surface area contributed by atoms with E-state index in [1.807, 2.05) is 6.92 Å². The minimum absolute atomic E-state index is 0.0160. The van der Waals surface area contributed by atoms with E-state index in [-0.39, 0.29) is 30.9 Å². The molecule has 2 aliphatic heterocycles. The molecule has 7 nitrogen and oxygen atoms in total. The van der Waals surface area contributed by atoms with Crippen LogP contribution < -0.4 is 5.32 Å². The predicted molar refractivity (Wildman–Crippen MR) is 97.4 cm³/mol. The molecule has 2 aliphatic rings. The van der Waals surface area contributed by atoms with Crippen LogP contribution in [0.5, 0.6) is 0 Å². The summed E-state index contributed by atoms with van der Waals surface area (Å²) < 4.78 is 0. The van der Waals surface area contributed by atoms with Crippen LogP contribution in [0.1, 0.15) is 18.5 Å². The highest BCUT2D eigenvalue weighted by atomic mass is 35.5. The molecule has 0 saturated heterocycles. The number of carbonyl (C=O) groups excluding carboxylic acids is 3. The average molecular weight is 377 g/mol. The first-order chi connectivity index (χ1) is 12.3. The van der Waals surface area contributed by atoms with Crippen molar-refractivity contribution in [3.05, 3.63) is 46.1 Å². The van der Waals surface area contributed by atoms with Gasteiger partial charge in [0.15, 0.2) is 0 Å². The molecule has 0 fully saturated rings. The molecule has 1 atom stereocenters. The Morgan fingerprint density at radius 2 is 1.92 bits per heavy atom. The highest BCUT2D eigenvalue weighted by Gasteiger charge is 2.44. The first kappa shape index (κ1) is 18.3. The zero-order valence-corrected chi connectivity index (χ0v) is 15.7. The molecule has 1 N–H and O–H groups in total. The number of urea groups is 1. The van der Waals surface area contributed by atoms with Crippen LogP contribution >= 0.6 is 11.6 Å². The number of amides is 4. The van der Waals surface area contributed by atoms with Crippen molar-refractivity contribution >= 4 is 29.4 Å². The van der Waals surface area contributed by atoms with Gasteiger partial charge in [-0.15, -0.1) is 0 Å². The normalized spacial score (nSPS) is 19.6. The van der Waals surface area contributed by atoms with E-state index < -0.39 is 6.04 Å². The Hall–Kier alpha value is -2.54. The van der Waals surface area contributed by atoms with Crippen molar-refractivity contribution in [1.29, 1.82) is 0 Å². The lowest BCUT2D eigenvalue weighted by Crippen LogP contribution is -2.47. The van der Waals surface area contributed by atoms with Crippen LogP contribution in [0.2, 0.25) is 5.02 Å². The molecule has 3 rings (SSSR count). The zero-order valence-electron chi connectivity index (χ0n) is 15.0. The van der Waals surface area contributed by atoms with Gasteiger partial charge >= 0.3 is 6.03 Å². The Kier molecular flexibility index (Phi) is 4.91. The van der Waals surface area contributed by atoms with Crippen LogP contribution in [0, 0.1) is 0 Å². The van der Waals surface area contributed by atoms with Crippen LogP contribution in [-0.4, -0.2) is 66.3 Å². The van der Waals surface area contributed by atoms with Gasteiger partial charge in [0.1, 0.15) is 6.54 Å². The monoisotopic (exact) mass is 376 g/mol. The van der Waals surface area contributed by atoms with Crippen LogP contribution in [0.25, 0.3) is 0 Å². The minimum atomic E-state index is -0.551. The number of hydrogen-bond donors (Lipinski definition) is 1. The van der Waals surface area contributed by atoms with E-state index in [0.29, 0.717) is 22.8 Å². The van der Waals surface area contributed by atoms with Crippen molar-refractivity contribution in [2.75, 3.05) is 33.7 Å². The highest BCUT2D eigenvalue weighted by Crippen LogP contribution is 2.36. The van der Waals surface area contributed by atoms with Crippen molar-refractivity contribution in [2.24, 2.45) is 0 Å². The molecule has 1 aromatic carbocycles. The number of likely N-dealkylation sites (N-methyl/N-ethyl adjacent to an activating group) is 2. The Morgan fingerprint density at radius 3 is 2.50 bits per heavy atom. The molecule has 2 heterocycles. The van der Waals surface area contributed by atoms with Gasteiger partial charge in [0.25, 0.3) is 5.91 Å². The van der Waals surface area contributed by atoms with E-state index in [1.54, 1.807) is 43.3 Å². The lowest BCUT2D eigenvalue weighted by atomic mass is 9.95. The number of halogens is 1. The summed E-state index contributed by atoms with van der Waals surface area (Å²) in [6.07, 6.45) is 0. The van der Waals surface area contributed by atoms with Crippen molar-refractivity contribution < 1.29 is 14.4 Å². The third-order valence-corrected chi connectivity index (χ3v) is 4.89. The van der Waals surface area contributed by atoms with Gasteiger partial charge in [-0.2, -0.15) is 0 Å². The van der Waals surface area contributed by atoms with Crippen molar-refractivity contribution in [3.63, 3.8) is 0 Å². The summed E-state index contributed by atoms with van der Waals surface area (Å²) in [5, 5.41) is 3.47. The maximum absolute atomic E-state index is 13.0. The fraction of sp³-hybridized carbons (Fsp3) is 0.389. The molecule has 8 heteroatoms. The van der Waals surface area contributed by atoms with Gasteiger partial charge < -0.3 is 15.1 Å². The molecule has 1 aromatic rings. The number of nitrogens with one attached hydrogen (secondary N) is 1. The maximum Gasteiger partial charge on any atom is 0.322 e. The third kappa shape index (κ3) is 3.14. The van der Waals surface area contributed by atoms with Gasteiger partial charge in [0.05, 0.1) is 23.9 Å². The van der Waals surface area contributed by atoms with E-state index >= 15 is 0 Å². The summed E-state index contributed by atoms with van der Waals surface area (Å²) in [5.41, 5.74) is 1.95. The minimum Gasteiger partial charge on any atom is -0.347 e. The molecule has 0 bridgehead atoms. The first-order valence-electron chi connectivity index (χ1n) is 8.39. The summed E-state index contributed by atoms with van der Waals surface area (Å²) in [4.78, 5) is 42.1. The molecule has 26 heavy (non-hydrogen) atoms. The van der Waals surface area contributed by atoms with E-state index in [0.717, 1.165) is 5.56 Å². The van der Waals surface area contributed by atoms with E-state index in [4.69, 9.17) is 11.6 Å². The summed E-state index contributed by atoms with van der Waals surface area (Å²) >= 11 is 5.95. The SMILES string of the molecule is CCN1C(=O)N[C@@H](c2ccc(Cl)cc2)C2=C1CN(CC(=O)N(C)C)C2=O. The van der Waals surface area contributed by atoms with Crippen LogP contribution in [0.3, 0.4) is 0 Å². The number of benzene rings is 1. The summed E-state index contributed by atoms with van der Waals surface area (Å²) in [5.74, 6) is -0.392. The van der Waals surface area contributed by atoms with Crippen LogP contribution in [0.4, 0.5) is 4.79 Å². The second-order valence-corrected chi connectivity index (χ2v) is 6.92. The van der Waals surface area contributed by atoms with E-state index in [1.165, 1.54) is 9.80 Å². The fourth-order valence-corrected chi connectivity index (χ4v) is 3.35. The van der Waals surface area contributed by atoms with Gasteiger partial charge in [0.2, 0.25) is 5.91 Å². The Bertz CT molecular complexity index is 788. The van der Waals surface area contributed by atoms with Crippen molar-refractivity contribution in [1.82, 2.24) is 20.0 Å². The molecule has 4 amide bonds. The lowest BCUT2D eigenvalue weighted by molar-refractivity contribution is -0.136. The fourth-order valence-electron chi connectivity index (χ4n) is 3.22. The Morgan fingerprint density at radius 1 is 1.27 bits per heavy atom. The first-order valence-corrected chi connectivity index (χ1v) is 8.77. The standard InChI is InChI=1S/C18H21ClN4O3/c1-4-23-13-9-22(10-14(24)21(2)3)17(25)15(13)16(20-18(23)26)11-5-7-12(19)8-6-11/h5-8,16H,4,9-10H2,1-3H3,(H,20,26)/t16-/m0/s1. The smallest absolute Gasteiger partial charge is 0.322 e. The number of hydrogen-bond acceptors (Lipinski definition) is 3. The van der Waals surface area contributed by atoms with E-state index in [2.05, 4.69) is 5.32 Å². The Balaban J connectivity index is 1.97. The second-order valence-electron chi connectivity index (χ2n) is 6.49. The van der Waals surface area contributed by atoms with Crippen molar-refractivity contribution in [2.45, 2.75) is 13.0 Å². The lowest BCUT2D eigenvalue weighted by Gasteiger charge is -2.32. The Labute approximate surface area is 157 Å². The molecule has 0 unspecified atom stereocenters.